The monoisotopic (exact) mass is 192 g/mol. The number of hydrogen-bond donors (Lipinski definition) is 0. The van der Waals surface area contributed by atoms with Crippen LogP contribution >= 0.6 is 0 Å². The van der Waals surface area contributed by atoms with Gasteiger partial charge in [0.25, 0.3) is 0 Å². The van der Waals surface area contributed by atoms with Crippen molar-refractivity contribution in [2.45, 2.75) is 46.0 Å². The molecule has 1 saturated carbocycles. The van der Waals surface area contributed by atoms with Crippen LogP contribution in [0.3, 0.4) is 0 Å². The number of carbonyl (C=O) groups is 1. The van der Waals surface area contributed by atoms with Gasteiger partial charge in [-0.05, 0) is 43.1 Å². The molecule has 1 nitrogen and oxygen atoms in total. The maximum absolute atomic E-state index is 11.6. The summed E-state index contributed by atoms with van der Waals surface area (Å²) in [4.78, 5) is 11.6. The molecule has 2 aliphatic carbocycles. The Kier molecular flexibility index (Phi) is 2.76. The molecule has 0 aliphatic heterocycles. The van der Waals surface area contributed by atoms with Crippen molar-refractivity contribution in [2.24, 2.45) is 17.8 Å². The van der Waals surface area contributed by atoms with Gasteiger partial charge in [0.15, 0.2) is 5.78 Å². The lowest BCUT2D eigenvalue weighted by atomic mass is 9.67. The number of allylic oxidation sites excluding steroid dienone is 2. The first kappa shape index (κ1) is 9.95. The highest BCUT2D eigenvalue weighted by atomic mass is 16.1. The minimum Gasteiger partial charge on any atom is -0.295 e. The van der Waals surface area contributed by atoms with E-state index in [0.717, 1.165) is 12.3 Å². The summed E-state index contributed by atoms with van der Waals surface area (Å²) in [6, 6.07) is 0. The largest absolute Gasteiger partial charge is 0.295 e. The van der Waals surface area contributed by atoms with Crippen LogP contribution in [0.2, 0.25) is 0 Å². The van der Waals surface area contributed by atoms with Crippen molar-refractivity contribution in [1.82, 2.24) is 0 Å². The molecular weight excluding hydrogens is 172 g/mol. The molecule has 0 aromatic carbocycles. The molecule has 0 amide bonds. The van der Waals surface area contributed by atoms with Crippen LogP contribution in [0.15, 0.2) is 11.6 Å². The molecule has 14 heavy (non-hydrogen) atoms. The molecule has 2 aliphatic rings. The van der Waals surface area contributed by atoms with E-state index in [1.165, 1.54) is 31.3 Å². The van der Waals surface area contributed by atoms with Crippen LogP contribution in [-0.4, -0.2) is 5.78 Å². The zero-order chi connectivity index (χ0) is 10.1. The van der Waals surface area contributed by atoms with Crippen molar-refractivity contribution in [3.05, 3.63) is 11.6 Å². The third kappa shape index (κ3) is 1.77. The number of hydrogen-bond acceptors (Lipinski definition) is 1. The molecule has 0 radical (unpaired) electrons. The number of rotatable bonds is 1. The highest BCUT2D eigenvalue weighted by Crippen LogP contribution is 2.42. The van der Waals surface area contributed by atoms with E-state index in [1.807, 2.05) is 6.08 Å². The van der Waals surface area contributed by atoms with Crippen molar-refractivity contribution >= 4 is 5.78 Å². The van der Waals surface area contributed by atoms with E-state index in [2.05, 4.69) is 13.8 Å². The molecule has 78 valence electrons. The predicted octanol–water partition coefficient (Wildman–Crippen LogP) is 3.35. The topological polar surface area (TPSA) is 17.1 Å². The van der Waals surface area contributed by atoms with E-state index in [0.29, 0.717) is 17.6 Å². The summed E-state index contributed by atoms with van der Waals surface area (Å²) in [5, 5.41) is 0. The van der Waals surface area contributed by atoms with Crippen LogP contribution < -0.4 is 0 Å². The van der Waals surface area contributed by atoms with Crippen molar-refractivity contribution < 1.29 is 4.79 Å². The molecule has 1 heteroatoms. The van der Waals surface area contributed by atoms with Crippen LogP contribution in [0.5, 0.6) is 0 Å². The molecule has 0 unspecified atom stereocenters. The third-order valence-electron chi connectivity index (χ3n) is 3.86. The van der Waals surface area contributed by atoms with Gasteiger partial charge in [0, 0.05) is 6.42 Å². The Bertz CT molecular complexity index is 262. The van der Waals surface area contributed by atoms with Crippen LogP contribution in [0.4, 0.5) is 0 Å². The predicted molar refractivity (Wildman–Crippen MR) is 58.0 cm³/mol. The second-order valence-corrected chi connectivity index (χ2v) is 5.15. The first-order chi connectivity index (χ1) is 6.68. The Balaban J connectivity index is 2.22. The van der Waals surface area contributed by atoms with Gasteiger partial charge in [-0.25, -0.2) is 0 Å². The molecule has 0 aromatic rings. The zero-order valence-electron chi connectivity index (χ0n) is 9.25. The van der Waals surface area contributed by atoms with Crippen LogP contribution in [0, 0.1) is 17.8 Å². The van der Waals surface area contributed by atoms with Gasteiger partial charge >= 0.3 is 0 Å². The zero-order valence-corrected chi connectivity index (χ0v) is 9.25. The molecule has 0 saturated heterocycles. The van der Waals surface area contributed by atoms with Crippen LogP contribution in [0.1, 0.15) is 46.0 Å². The van der Waals surface area contributed by atoms with E-state index >= 15 is 0 Å². The van der Waals surface area contributed by atoms with E-state index in [9.17, 15) is 4.79 Å². The lowest BCUT2D eigenvalue weighted by Crippen LogP contribution is -2.30. The molecule has 2 atom stereocenters. The first-order valence-corrected chi connectivity index (χ1v) is 5.92. The van der Waals surface area contributed by atoms with E-state index in [-0.39, 0.29) is 0 Å². The fourth-order valence-electron chi connectivity index (χ4n) is 3.07. The smallest absolute Gasteiger partial charge is 0.155 e. The third-order valence-corrected chi connectivity index (χ3v) is 3.86. The van der Waals surface area contributed by atoms with Gasteiger partial charge in [0.05, 0.1) is 0 Å². The maximum atomic E-state index is 11.6. The quantitative estimate of drug-likeness (QED) is 0.622. The number of carbonyl (C=O) groups excluding carboxylic acids is 1. The average molecular weight is 192 g/mol. The summed E-state index contributed by atoms with van der Waals surface area (Å²) in [7, 11) is 0. The van der Waals surface area contributed by atoms with E-state index in [1.54, 1.807) is 0 Å². The fourth-order valence-corrected chi connectivity index (χ4v) is 3.07. The van der Waals surface area contributed by atoms with Crippen molar-refractivity contribution in [1.29, 1.82) is 0 Å². The van der Waals surface area contributed by atoms with Crippen molar-refractivity contribution in [3.63, 3.8) is 0 Å². The summed E-state index contributed by atoms with van der Waals surface area (Å²) in [5.74, 6) is 2.40. The van der Waals surface area contributed by atoms with E-state index in [4.69, 9.17) is 0 Å². The number of fused-ring (bicyclic) bond motifs is 1. The van der Waals surface area contributed by atoms with Gasteiger partial charge in [0.1, 0.15) is 0 Å². The fraction of sp³-hybridized carbons (Fsp3) is 0.769. The Morgan fingerprint density at radius 2 is 2.14 bits per heavy atom. The lowest BCUT2D eigenvalue weighted by Gasteiger charge is -2.37. The van der Waals surface area contributed by atoms with Gasteiger partial charge in [0.2, 0.25) is 0 Å². The average Bonchev–Trinajstić information content (AvgIpc) is 2.16. The van der Waals surface area contributed by atoms with Crippen LogP contribution in [0.25, 0.3) is 0 Å². The normalized spacial score (nSPS) is 32.8. The van der Waals surface area contributed by atoms with Crippen LogP contribution in [-0.2, 0) is 4.79 Å². The molecule has 0 heterocycles. The Hall–Kier alpha value is -0.590. The minimum atomic E-state index is 0.372. The molecule has 1 fully saturated rings. The summed E-state index contributed by atoms with van der Waals surface area (Å²) in [6.45, 7) is 4.52. The van der Waals surface area contributed by atoms with Gasteiger partial charge in [-0.15, -0.1) is 0 Å². The second-order valence-electron chi connectivity index (χ2n) is 5.15. The molecule has 0 aromatic heterocycles. The minimum absolute atomic E-state index is 0.372. The lowest BCUT2D eigenvalue weighted by molar-refractivity contribution is -0.117. The van der Waals surface area contributed by atoms with Gasteiger partial charge in [-0.2, -0.15) is 0 Å². The Morgan fingerprint density at radius 3 is 2.86 bits per heavy atom. The summed E-state index contributed by atoms with van der Waals surface area (Å²) in [5.41, 5.74) is 1.46. The summed E-state index contributed by atoms with van der Waals surface area (Å²) in [6.07, 6.45) is 7.90. The molecular formula is C13H20O. The van der Waals surface area contributed by atoms with E-state index < -0.39 is 0 Å². The molecule has 2 rings (SSSR count). The highest BCUT2D eigenvalue weighted by molar-refractivity contribution is 5.91. The summed E-state index contributed by atoms with van der Waals surface area (Å²) < 4.78 is 0. The first-order valence-electron chi connectivity index (χ1n) is 5.92. The Morgan fingerprint density at radius 1 is 1.36 bits per heavy atom. The van der Waals surface area contributed by atoms with Gasteiger partial charge in [-0.1, -0.05) is 25.8 Å². The molecule has 0 N–H and O–H groups in total. The van der Waals surface area contributed by atoms with Gasteiger partial charge in [-0.3, -0.25) is 4.79 Å². The maximum Gasteiger partial charge on any atom is 0.155 e. The second kappa shape index (κ2) is 3.88. The SMILES string of the molecule is CC(C)[C@@H]1CC(=O)C=C2CCCC[C@H]21. The molecule has 0 bridgehead atoms. The Labute approximate surface area is 86.6 Å². The van der Waals surface area contributed by atoms with Crippen molar-refractivity contribution in [2.75, 3.05) is 0 Å². The standard InChI is InChI=1S/C13H20O/c1-9(2)13-8-11(14)7-10-5-3-4-6-12(10)13/h7,9,12-13H,3-6,8H2,1-2H3/t12-,13+/m1/s1. The highest BCUT2D eigenvalue weighted by Gasteiger charge is 2.33. The van der Waals surface area contributed by atoms with Gasteiger partial charge < -0.3 is 0 Å². The van der Waals surface area contributed by atoms with Crippen molar-refractivity contribution in [3.8, 4) is 0 Å². The number of ketones is 1. The summed E-state index contributed by atoms with van der Waals surface area (Å²) >= 11 is 0. The molecule has 0 spiro atoms.